The van der Waals surface area contributed by atoms with E-state index in [1.54, 1.807) is 0 Å². The van der Waals surface area contributed by atoms with Gasteiger partial charge >= 0.3 is 0 Å². The Morgan fingerprint density at radius 1 is 1.20 bits per heavy atom. The number of rotatable bonds is 5. The smallest absolute Gasteiger partial charge is 0.0724 e. The van der Waals surface area contributed by atoms with Crippen molar-refractivity contribution in [1.82, 2.24) is 15.3 Å². The third-order valence-electron chi connectivity index (χ3n) is 2.29. The topological polar surface area (TPSA) is 37.8 Å². The van der Waals surface area contributed by atoms with Crippen molar-refractivity contribution in [3.63, 3.8) is 0 Å². The highest BCUT2D eigenvalue weighted by Gasteiger charge is 2.04. The van der Waals surface area contributed by atoms with Crippen LogP contribution in [0.3, 0.4) is 0 Å². The van der Waals surface area contributed by atoms with Crippen molar-refractivity contribution in [3.8, 4) is 0 Å². The zero-order chi connectivity index (χ0) is 11.3. The lowest BCUT2D eigenvalue weighted by molar-refractivity contribution is 0.439. The average Bonchev–Trinajstić information content (AvgIpc) is 2.16. The van der Waals surface area contributed by atoms with E-state index >= 15 is 0 Å². The minimum absolute atomic E-state index is 0.535. The van der Waals surface area contributed by atoms with Crippen LogP contribution in [0.25, 0.3) is 0 Å². The minimum Gasteiger partial charge on any atom is -0.309 e. The third kappa shape index (κ3) is 4.88. The molecule has 15 heavy (non-hydrogen) atoms. The number of aromatic nitrogens is 2. The Labute approximate surface area is 92.3 Å². The molecule has 3 nitrogen and oxygen atoms in total. The molecule has 0 aliphatic carbocycles. The van der Waals surface area contributed by atoms with Crippen LogP contribution in [0.1, 0.15) is 38.6 Å². The molecular formula is C12H21N3. The molecule has 3 heteroatoms. The van der Waals surface area contributed by atoms with E-state index in [1.165, 1.54) is 6.42 Å². The van der Waals surface area contributed by atoms with Crippen LogP contribution in [0, 0.1) is 12.8 Å². The number of aryl methyl sites for hydroxylation is 1. The molecule has 1 atom stereocenters. The highest BCUT2D eigenvalue weighted by molar-refractivity contribution is 5.00. The van der Waals surface area contributed by atoms with Crippen LogP contribution in [0.5, 0.6) is 0 Å². The SMILES string of the molecule is Cc1cnc(CNC(C)CC(C)C)cn1. The van der Waals surface area contributed by atoms with Crippen molar-refractivity contribution in [1.29, 1.82) is 0 Å². The Kier molecular flexibility index (Phi) is 4.69. The van der Waals surface area contributed by atoms with Crippen LogP contribution >= 0.6 is 0 Å². The summed E-state index contributed by atoms with van der Waals surface area (Å²) in [5.41, 5.74) is 1.98. The predicted octanol–water partition coefficient (Wildman–Crippen LogP) is 2.31. The zero-order valence-corrected chi connectivity index (χ0v) is 10.1. The van der Waals surface area contributed by atoms with Crippen LogP contribution in [-0.4, -0.2) is 16.0 Å². The van der Waals surface area contributed by atoms with Gasteiger partial charge in [0, 0.05) is 25.0 Å². The summed E-state index contributed by atoms with van der Waals surface area (Å²) in [5, 5.41) is 3.45. The molecular weight excluding hydrogens is 186 g/mol. The Bertz CT molecular complexity index is 279. The average molecular weight is 207 g/mol. The van der Waals surface area contributed by atoms with Crippen molar-refractivity contribution < 1.29 is 0 Å². The van der Waals surface area contributed by atoms with Crippen LogP contribution in [0.15, 0.2) is 12.4 Å². The fourth-order valence-corrected chi connectivity index (χ4v) is 1.58. The summed E-state index contributed by atoms with van der Waals surface area (Å²) < 4.78 is 0. The van der Waals surface area contributed by atoms with Crippen LogP contribution in [0.4, 0.5) is 0 Å². The first-order chi connectivity index (χ1) is 7.08. The highest BCUT2D eigenvalue weighted by Crippen LogP contribution is 2.04. The van der Waals surface area contributed by atoms with E-state index in [9.17, 15) is 0 Å². The molecule has 1 N–H and O–H groups in total. The van der Waals surface area contributed by atoms with Gasteiger partial charge in [0.15, 0.2) is 0 Å². The van der Waals surface area contributed by atoms with Gasteiger partial charge in [-0.3, -0.25) is 9.97 Å². The van der Waals surface area contributed by atoms with Gasteiger partial charge in [-0.15, -0.1) is 0 Å². The molecule has 0 fully saturated rings. The van der Waals surface area contributed by atoms with E-state index in [-0.39, 0.29) is 0 Å². The van der Waals surface area contributed by atoms with Gasteiger partial charge in [-0.2, -0.15) is 0 Å². The van der Waals surface area contributed by atoms with Crippen molar-refractivity contribution in [3.05, 3.63) is 23.8 Å². The van der Waals surface area contributed by atoms with E-state index in [4.69, 9.17) is 0 Å². The van der Waals surface area contributed by atoms with E-state index in [0.29, 0.717) is 6.04 Å². The van der Waals surface area contributed by atoms with E-state index < -0.39 is 0 Å². The molecule has 0 aromatic carbocycles. The fourth-order valence-electron chi connectivity index (χ4n) is 1.58. The van der Waals surface area contributed by atoms with Gasteiger partial charge in [-0.1, -0.05) is 13.8 Å². The molecule has 0 bridgehead atoms. The molecule has 0 amide bonds. The monoisotopic (exact) mass is 207 g/mol. The van der Waals surface area contributed by atoms with Gasteiger partial charge in [0.1, 0.15) is 0 Å². The molecule has 0 spiro atoms. The number of nitrogens with zero attached hydrogens (tertiary/aromatic N) is 2. The molecule has 1 heterocycles. The molecule has 0 saturated heterocycles. The molecule has 1 rings (SSSR count). The molecule has 1 unspecified atom stereocenters. The van der Waals surface area contributed by atoms with Crippen molar-refractivity contribution in [2.24, 2.45) is 5.92 Å². The summed E-state index contributed by atoms with van der Waals surface area (Å²) in [6, 6.07) is 0.535. The first-order valence-corrected chi connectivity index (χ1v) is 5.59. The van der Waals surface area contributed by atoms with Gasteiger partial charge < -0.3 is 5.32 Å². The lowest BCUT2D eigenvalue weighted by Crippen LogP contribution is -2.27. The largest absolute Gasteiger partial charge is 0.309 e. The Balaban J connectivity index is 2.33. The van der Waals surface area contributed by atoms with Crippen molar-refractivity contribution >= 4 is 0 Å². The second kappa shape index (κ2) is 5.81. The summed E-state index contributed by atoms with van der Waals surface area (Å²) in [6.07, 6.45) is 4.84. The number of hydrogen-bond donors (Lipinski definition) is 1. The minimum atomic E-state index is 0.535. The van der Waals surface area contributed by atoms with Gasteiger partial charge in [-0.25, -0.2) is 0 Å². The quantitative estimate of drug-likeness (QED) is 0.805. The Hall–Kier alpha value is -0.960. The first-order valence-electron chi connectivity index (χ1n) is 5.59. The maximum Gasteiger partial charge on any atom is 0.0724 e. The first kappa shape index (κ1) is 12.1. The van der Waals surface area contributed by atoms with Gasteiger partial charge in [0.25, 0.3) is 0 Å². The van der Waals surface area contributed by atoms with Crippen molar-refractivity contribution in [2.45, 2.75) is 46.7 Å². The van der Waals surface area contributed by atoms with E-state index in [1.807, 2.05) is 19.3 Å². The standard InChI is InChI=1S/C12H21N3/c1-9(2)5-10(3)13-7-12-8-14-11(4)6-15-12/h6,8-10,13H,5,7H2,1-4H3. The zero-order valence-electron chi connectivity index (χ0n) is 10.1. The lowest BCUT2D eigenvalue weighted by Gasteiger charge is -2.15. The molecule has 0 aliphatic rings. The maximum absolute atomic E-state index is 4.30. The second-order valence-corrected chi connectivity index (χ2v) is 4.56. The van der Waals surface area contributed by atoms with E-state index in [2.05, 4.69) is 36.1 Å². The Morgan fingerprint density at radius 2 is 1.93 bits per heavy atom. The normalized spacial score (nSPS) is 13.1. The van der Waals surface area contributed by atoms with Crippen LogP contribution in [0.2, 0.25) is 0 Å². The highest BCUT2D eigenvalue weighted by atomic mass is 14.9. The molecule has 0 aliphatic heterocycles. The molecule has 0 radical (unpaired) electrons. The molecule has 84 valence electrons. The number of nitrogens with one attached hydrogen (secondary N) is 1. The number of hydrogen-bond acceptors (Lipinski definition) is 3. The Morgan fingerprint density at radius 3 is 2.47 bits per heavy atom. The summed E-state index contributed by atoms with van der Waals surface area (Å²) in [5.74, 6) is 0.733. The van der Waals surface area contributed by atoms with E-state index in [0.717, 1.165) is 23.9 Å². The second-order valence-electron chi connectivity index (χ2n) is 4.56. The molecule has 1 aromatic rings. The maximum atomic E-state index is 4.30. The summed E-state index contributed by atoms with van der Waals surface area (Å²) in [7, 11) is 0. The summed E-state index contributed by atoms with van der Waals surface area (Å²) in [4.78, 5) is 8.52. The predicted molar refractivity (Wildman–Crippen MR) is 62.5 cm³/mol. The fraction of sp³-hybridized carbons (Fsp3) is 0.667. The van der Waals surface area contributed by atoms with Crippen molar-refractivity contribution in [2.75, 3.05) is 0 Å². The van der Waals surface area contributed by atoms with Gasteiger partial charge in [0.05, 0.1) is 11.4 Å². The summed E-state index contributed by atoms with van der Waals surface area (Å²) >= 11 is 0. The van der Waals surface area contributed by atoms with Crippen LogP contribution in [-0.2, 0) is 6.54 Å². The molecule has 1 aromatic heterocycles. The van der Waals surface area contributed by atoms with Gasteiger partial charge in [0.2, 0.25) is 0 Å². The lowest BCUT2D eigenvalue weighted by atomic mass is 10.1. The molecule has 0 saturated carbocycles. The third-order valence-corrected chi connectivity index (χ3v) is 2.29. The van der Waals surface area contributed by atoms with Gasteiger partial charge in [-0.05, 0) is 26.2 Å². The summed E-state index contributed by atoms with van der Waals surface area (Å²) in [6.45, 7) is 9.45. The van der Waals surface area contributed by atoms with Crippen LogP contribution < -0.4 is 5.32 Å².